The summed E-state index contributed by atoms with van der Waals surface area (Å²) in [5.74, 6) is -0.0401. The summed E-state index contributed by atoms with van der Waals surface area (Å²) in [6.07, 6.45) is 1.92. The Labute approximate surface area is 186 Å². The molecule has 30 heavy (non-hydrogen) atoms. The predicted molar refractivity (Wildman–Crippen MR) is 127 cm³/mol. The van der Waals surface area contributed by atoms with Gasteiger partial charge >= 0.3 is 0 Å². The van der Waals surface area contributed by atoms with Gasteiger partial charge in [-0.1, -0.05) is 47.5 Å². The van der Waals surface area contributed by atoms with Gasteiger partial charge in [0, 0.05) is 35.7 Å². The quantitative estimate of drug-likeness (QED) is 0.209. The average molecular weight is 440 g/mol. The van der Waals surface area contributed by atoms with Crippen LogP contribution in [0.25, 0.3) is 11.1 Å². The Kier molecular flexibility index (Phi) is 6.02. The van der Waals surface area contributed by atoms with Gasteiger partial charge < -0.3 is 21.7 Å². The first-order valence-corrected chi connectivity index (χ1v) is 10.6. The fourth-order valence-corrected chi connectivity index (χ4v) is 3.98. The Morgan fingerprint density at radius 3 is 2.53 bits per heavy atom. The molecule has 0 saturated heterocycles. The van der Waals surface area contributed by atoms with E-state index in [2.05, 4.69) is 46.3 Å². The number of hydrogen-bond donors (Lipinski definition) is 5. The molecule has 1 heterocycles. The zero-order valence-corrected chi connectivity index (χ0v) is 17.9. The van der Waals surface area contributed by atoms with E-state index in [1.165, 1.54) is 11.1 Å². The number of fused-ring (bicyclic) bond motifs is 2. The van der Waals surface area contributed by atoms with Crippen LogP contribution < -0.4 is 21.7 Å². The van der Waals surface area contributed by atoms with Crippen LogP contribution in [0.3, 0.4) is 0 Å². The molecule has 0 aliphatic carbocycles. The summed E-state index contributed by atoms with van der Waals surface area (Å²) in [5, 5.41) is 18.3. The molecule has 4 rings (SSSR count). The van der Waals surface area contributed by atoms with Crippen molar-refractivity contribution in [3.63, 3.8) is 0 Å². The lowest BCUT2D eigenvalue weighted by atomic mass is 9.97. The van der Waals surface area contributed by atoms with Gasteiger partial charge in [-0.05, 0) is 59.9 Å². The number of para-hydroxylation sites is 1. The number of aryl methyl sites for hydroxylation is 2. The number of anilines is 3. The van der Waals surface area contributed by atoms with Gasteiger partial charge in [0.25, 0.3) is 0 Å². The van der Waals surface area contributed by atoms with Gasteiger partial charge in [-0.3, -0.25) is 5.41 Å². The zero-order chi connectivity index (χ0) is 21.1. The molecule has 1 aliphatic heterocycles. The summed E-state index contributed by atoms with van der Waals surface area (Å²) >= 11 is 12.4. The Bertz CT molecular complexity index is 1100. The van der Waals surface area contributed by atoms with E-state index < -0.39 is 0 Å². The highest BCUT2D eigenvalue weighted by Crippen LogP contribution is 2.39. The van der Waals surface area contributed by atoms with Crippen molar-refractivity contribution in [2.24, 2.45) is 5.73 Å². The highest BCUT2D eigenvalue weighted by Gasteiger charge is 2.17. The largest absolute Gasteiger partial charge is 0.383 e. The second-order valence-corrected chi connectivity index (χ2v) is 8.05. The van der Waals surface area contributed by atoms with Crippen LogP contribution in [0.5, 0.6) is 0 Å². The summed E-state index contributed by atoms with van der Waals surface area (Å²) in [6, 6.07) is 18.5. The summed E-state index contributed by atoms with van der Waals surface area (Å²) in [7, 11) is 0. The number of benzene rings is 3. The summed E-state index contributed by atoms with van der Waals surface area (Å²) in [6.45, 7) is 1.16. The van der Waals surface area contributed by atoms with E-state index in [-0.39, 0.29) is 5.96 Å². The van der Waals surface area contributed by atoms with Crippen molar-refractivity contribution in [2.45, 2.75) is 12.8 Å². The fraction of sp³-hybridized carbons (Fsp3) is 0.174. The van der Waals surface area contributed by atoms with E-state index in [9.17, 15) is 0 Å². The van der Waals surface area contributed by atoms with Crippen LogP contribution in [0.4, 0.5) is 17.1 Å². The van der Waals surface area contributed by atoms with Gasteiger partial charge in [0.1, 0.15) is 0 Å². The van der Waals surface area contributed by atoms with E-state index in [0.29, 0.717) is 23.1 Å². The lowest BCUT2D eigenvalue weighted by Crippen LogP contribution is -2.33. The minimum absolute atomic E-state index is 0.0401. The highest BCUT2D eigenvalue weighted by molar-refractivity contribution is 6.42. The molecular weight excluding hydrogens is 417 g/mol. The van der Waals surface area contributed by atoms with Crippen molar-refractivity contribution < 1.29 is 0 Å². The monoisotopic (exact) mass is 439 g/mol. The standard InChI is InChI=1S/C23H23Cl2N5/c24-18-8-7-15(12-19(18)25)17-11-16-6-5-14-3-1-2-4-20(14)30-21(16)13-22(17)28-9-10-29-23(26)27/h1-4,7-8,11-13,28,30H,5-6,9-10H2,(H4,26,27,29). The first-order valence-electron chi connectivity index (χ1n) is 9.80. The van der Waals surface area contributed by atoms with E-state index in [1.807, 2.05) is 24.3 Å². The van der Waals surface area contributed by atoms with Gasteiger partial charge in [0.15, 0.2) is 5.96 Å². The molecule has 0 spiro atoms. The smallest absolute Gasteiger partial charge is 0.185 e. The molecule has 0 saturated carbocycles. The number of halogens is 2. The molecule has 0 amide bonds. The maximum atomic E-state index is 7.32. The van der Waals surface area contributed by atoms with Gasteiger partial charge in [-0.25, -0.2) is 0 Å². The topological polar surface area (TPSA) is 86.0 Å². The Morgan fingerprint density at radius 2 is 1.73 bits per heavy atom. The van der Waals surface area contributed by atoms with Gasteiger partial charge in [0.2, 0.25) is 0 Å². The van der Waals surface area contributed by atoms with Crippen molar-refractivity contribution in [2.75, 3.05) is 23.7 Å². The number of nitrogens with one attached hydrogen (secondary N) is 4. The zero-order valence-electron chi connectivity index (χ0n) is 16.4. The third-order valence-corrected chi connectivity index (χ3v) is 5.92. The van der Waals surface area contributed by atoms with E-state index in [1.54, 1.807) is 0 Å². The first kappa shape index (κ1) is 20.4. The lowest BCUT2D eigenvalue weighted by Gasteiger charge is -2.18. The summed E-state index contributed by atoms with van der Waals surface area (Å²) in [4.78, 5) is 0. The number of nitrogens with two attached hydrogens (primary N) is 1. The minimum Gasteiger partial charge on any atom is -0.383 e. The predicted octanol–water partition coefficient (Wildman–Crippen LogP) is 5.40. The van der Waals surface area contributed by atoms with Crippen LogP contribution in [0.15, 0.2) is 54.6 Å². The average Bonchev–Trinajstić information content (AvgIpc) is 2.91. The molecule has 7 heteroatoms. The maximum Gasteiger partial charge on any atom is 0.185 e. The molecule has 0 bridgehead atoms. The van der Waals surface area contributed by atoms with Crippen molar-refractivity contribution in [3.8, 4) is 11.1 Å². The Hall–Kier alpha value is -2.89. The van der Waals surface area contributed by atoms with Crippen LogP contribution >= 0.6 is 23.2 Å². The van der Waals surface area contributed by atoms with Crippen molar-refractivity contribution in [1.29, 1.82) is 5.41 Å². The molecule has 0 fully saturated rings. The Morgan fingerprint density at radius 1 is 0.933 bits per heavy atom. The lowest BCUT2D eigenvalue weighted by molar-refractivity contribution is 0.892. The maximum absolute atomic E-state index is 7.32. The van der Waals surface area contributed by atoms with Crippen molar-refractivity contribution >= 4 is 46.2 Å². The molecule has 0 unspecified atom stereocenters. The third-order valence-electron chi connectivity index (χ3n) is 5.18. The van der Waals surface area contributed by atoms with Gasteiger partial charge in [-0.15, -0.1) is 0 Å². The molecule has 0 radical (unpaired) electrons. The van der Waals surface area contributed by atoms with Crippen LogP contribution in [0, 0.1) is 5.41 Å². The molecule has 5 nitrogen and oxygen atoms in total. The second-order valence-electron chi connectivity index (χ2n) is 7.23. The van der Waals surface area contributed by atoms with Gasteiger partial charge in [0.05, 0.1) is 10.0 Å². The van der Waals surface area contributed by atoms with Crippen LogP contribution in [-0.2, 0) is 12.8 Å². The first-order chi connectivity index (χ1) is 14.5. The fourth-order valence-electron chi connectivity index (χ4n) is 3.69. The number of guanidine groups is 1. The molecule has 3 aromatic rings. The Balaban J connectivity index is 1.72. The van der Waals surface area contributed by atoms with Crippen LogP contribution in [-0.4, -0.2) is 19.0 Å². The molecule has 6 N–H and O–H groups in total. The minimum atomic E-state index is -0.0401. The third kappa shape index (κ3) is 4.48. The van der Waals surface area contributed by atoms with Crippen molar-refractivity contribution in [3.05, 3.63) is 75.8 Å². The summed E-state index contributed by atoms with van der Waals surface area (Å²) < 4.78 is 0. The van der Waals surface area contributed by atoms with E-state index in [0.717, 1.165) is 41.0 Å². The summed E-state index contributed by atoms with van der Waals surface area (Å²) in [5.41, 5.74) is 13.2. The molecule has 154 valence electrons. The SMILES string of the molecule is N=C(N)NCCNc1cc2c(cc1-c1ccc(Cl)c(Cl)c1)CCc1ccccc1N2. The van der Waals surface area contributed by atoms with E-state index in [4.69, 9.17) is 34.3 Å². The second kappa shape index (κ2) is 8.86. The number of rotatable bonds is 5. The van der Waals surface area contributed by atoms with Gasteiger partial charge in [-0.2, -0.15) is 0 Å². The van der Waals surface area contributed by atoms with Crippen LogP contribution in [0.2, 0.25) is 10.0 Å². The highest BCUT2D eigenvalue weighted by atomic mass is 35.5. The molecular formula is C23H23Cl2N5. The van der Waals surface area contributed by atoms with Crippen molar-refractivity contribution in [1.82, 2.24) is 5.32 Å². The normalized spacial score (nSPS) is 12.2. The number of hydrogen-bond acceptors (Lipinski definition) is 3. The molecule has 0 aromatic heterocycles. The molecule has 1 aliphatic rings. The van der Waals surface area contributed by atoms with E-state index >= 15 is 0 Å². The van der Waals surface area contributed by atoms with Crippen LogP contribution in [0.1, 0.15) is 11.1 Å². The molecule has 0 atom stereocenters. The molecule has 3 aromatic carbocycles.